The van der Waals surface area contributed by atoms with E-state index in [0.717, 1.165) is 6.32 Å². The fourth-order valence-electron chi connectivity index (χ4n) is 0.589. The molecule has 0 aliphatic rings. The van der Waals surface area contributed by atoms with Gasteiger partial charge in [0.1, 0.15) is 0 Å². The van der Waals surface area contributed by atoms with Crippen molar-refractivity contribution in [3.05, 3.63) is 30.3 Å². The Bertz CT molecular complexity index is 182. The van der Waals surface area contributed by atoms with E-state index in [1.165, 1.54) is 5.30 Å². The zero-order chi connectivity index (χ0) is 9.23. The second-order valence-electron chi connectivity index (χ2n) is 2.25. The molecule has 0 nitrogen and oxygen atoms in total. The van der Waals surface area contributed by atoms with Gasteiger partial charge in [0.15, 0.2) is 0 Å². The van der Waals surface area contributed by atoms with Crippen LogP contribution in [0.5, 0.6) is 0 Å². The first-order chi connectivity index (χ1) is 5.81. The van der Waals surface area contributed by atoms with E-state index < -0.39 is 0 Å². The van der Waals surface area contributed by atoms with E-state index in [1.54, 1.807) is 7.06 Å². The summed E-state index contributed by atoms with van der Waals surface area (Å²) in [5.74, 6) is 0. The van der Waals surface area contributed by atoms with Gasteiger partial charge >= 0.3 is 0 Å². The van der Waals surface area contributed by atoms with Crippen molar-refractivity contribution >= 4 is 36.5 Å². The van der Waals surface area contributed by atoms with Gasteiger partial charge in [-0.2, -0.15) is 0 Å². The normalized spacial score (nSPS) is 7.23. The smallest absolute Gasteiger partial charge is 0.0541 e. The number of rotatable bonds is 2. The van der Waals surface area contributed by atoms with Crippen LogP contribution in [0.2, 0.25) is 6.32 Å². The van der Waals surface area contributed by atoms with Crippen molar-refractivity contribution in [3.8, 4) is 0 Å². The molecule has 1 aromatic carbocycles. The molecular formula is C8H12B3NiP. The minimum Gasteiger partial charge on any atom is -0.106 e. The molecule has 0 aliphatic heterocycles. The van der Waals surface area contributed by atoms with Crippen LogP contribution in [-0.4, -0.2) is 22.0 Å². The zero-order valence-corrected chi connectivity index (χ0v) is 9.86. The molecule has 1 rings (SSSR count). The summed E-state index contributed by atoms with van der Waals surface area (Å²) in [5.41, 5.74) is 0. The number of benzene rings is 1. The summed E-state index contributed by atoms with van der Waals surface area (Å²) in [7, 11) is 11.0. The van der Waals surface area contributed by atoms with Gasteiger partial charge in [-0.3, -0.25) is 0 Å². The first kappa shape index (κ1) is 15.8. The minimum absolute atomic E-state index is 0. The molecule has 1 unspecified atom stereocenters. The van der Waals surface area contributed by atoms with Crippen molar-refractivity contribution < 1.29 is 16.5 Å². The van der Waals surface area contributed by atoms with Gasteiger partial charge < -0.3 is 0 Å². The van der Waals surface area contributed by atoms with Crippen molar-refractivity contribution in [2.45, 2.75) is 13.2 Å². The van der Waals surface area contributed by atoms with Gasteiger partial charge in [-0.25, -0.2) is 0 Å². The van der Waals surface area contributed by atoms with Gasteiger partial charge in [0.25, 0.3) is 0 Å². The summed E-state index contributed by atoms with van der Waals surface area (Å²) >= 11 is 0. The third kappa shape index (κ3) is 12.3. The Hall–Kier alpha value is 0.338. The number of hydrogen-bond acceptors (Lipinski definition) is 0. The molecule has 0 amide bonds. The molecule has 0 heterocycles. The van der Waals surface area contributed by atoms with Gasteiger partial charge in [-0.15, -0.1) is 9.24 Å². The second kappa shape index (κ2) is 12.3. The SMILES string of the molecule is Pc1ccccc1.[B][B][B]CC.[Ni]. The molecule has 1 atom stereocenters. The van der Waals surface area contributed by atoms with Gasteiger partial charge in [0, 0.05) is 31.3 Å². The summed E-state index contributed by atoms with van der Waals surface area (Å²) < 4.78 is 0. The predicted molar refractivity (Wildman–Crippen MR) is 63.5 cm³/mol. The minimum atomic E-state index is 0. The van der Waals surface area contributed by atoms with Crippen LogP contribution in [0.1, 0.15) is 6.92 Å². The average molecular weight is 230 g/mol. The predicted octanol–water partition coefficient (Wildman–Crippen LogP) is 1.02. The molecular weight excluding hydrogens is 218 g/mol. The summed E-state index contributed by atoms with van der Waals surface area (Å²) in [5, 5.41) is 1.24. The summed E-state index contributed by atoms with van der Waals surface area (Å²) in [4.78, 5) is 0. The Morgan fingerprint density at radius 3 is 2.00 bits per heavy atom. The van der Waals surface area contributed by atoms with E-state index in [1.807, 2.05) is 44.4 Å². The quantitative estimate of drug-likeness (QED) is 0.525. The maximum atomic E-state index is 4.96. The van der Waals surface area contributed by atoms with Crippen LogP contribution < -0.4 is 5.30 Å². The Morgan fingerprint density at radius 1 is 1.31 bits per heavy atom. The fraction of sp³-hybridized carbons (Fsp3) is 0.250. The average Bonchev–Trinajstić information content (AvgIpc) is 2.08. The molecule has 1 aromatic rings. The maximum Gasteiger partial charge on any atom is 0.0541 e. The maximum absolute atomic E-state index is 4.96. The van der Waals surface area contributed by atoms with E-state index >= 15 is 0 Å². The molecule has 0 bridgehead atoms. The van der Waals surface area contributed by atoms with Crippen molar-refractivity contribution in [2.75, 3.05) is 0 Å². The molecule has 13 heavy (non-hydrogen) atoms. The zero-order valence-electron chi connectivity index (χ0n) is 7.72. The van der Waals surface area contributed by atoms with Crippen molar-refractivity contribution in [1.82, 2.24) is 0 Å². The molecule has 0 aliphatic carbocycles. The first-order valence-corrected chi connectivity index (χ1v) is 4.56. The van der Waals surface area contributed by atoms with Crippen LogP contribution in [-0.2, 0) is 16.5 Å². The third-order valence-corrected chi connectivity index (χ3v) is 1.56. The molecule has 0 saturated carbocycles. The Balaban J connectivity index is 0. The summed E-state index contributed by atoms with van der Waals surface area (Å²) in [6.07, 6.45) is 1.04. The van der Waals surface area contributed by atoms with Gasteiger partial charge in [-0.1, -0.05) is 43.6 Å². The van der Waals surface area contributed by atoms with E-state index in [-0.39, 0.29) is 16.5 Å². The van der Waals surface area contributed by atoms with E-state index in [0.29, 0.717) is 0 Å². The van der Waals surface area contributed by atoms with Crippen LogP contribution in [0.25, 0.3) is 0 Å². The first-order valence-electron chi connectivity index (χ1n) is 3.98. The van der Waals surface area contributed by atoms with Crippen molar-refractivity contribution in [2.24, 2.45) is 0 Å². The van der Waals surface area contributed by atoms with Crippen molar-refractivity contribution in [1.29, 1.82) is 0 Å². The molecule has 0 saturated heterocycles. The molecule has 5 heteroatoms. The van der Waals surface area contributed by atoms with E-state index in [4.69, 9.17) is 7.74 Å². The summed E-state index contributed by atoms with van der Waals surface area (Å²) in [6.45, 7) is 2.04. The molecule has 0 fully saturated rings. The standard InChI is InChI=1S/C6H7P.C2H5B3.Ni/c7-6-4-2-1-3-5-6;1-2-4-5-3;/h1-5H,7H2;2H2,1H3;. The van der Waals surface area contributed by atoms with Crippen LogP contribution in [0.4, 0.5) is 0 Å². The monoisotopic (exact) mass is 230 g/mol. The van der Waals surface area contributed by atoms with E-state index in [9.17, 15) is 0 Å². The molecule has 68 valence electrons. The van der Waals surface area contributed by atoms with Gasteiger partial charge in [0.05, 0.1) is 7.17 Å². The Morgan fingerprint density at radius 2 is 1.85 bits per heavy atom. The summed E-state index contributed by atoms with van der Waals surface area (Å²) in [6, 6.07) is 10.1. The topological polar surface area (TPSA) is 0 Å². The molecule has 0 N–H and O–H groups in total. The van der Waals surface area contributed by atoms with Crippen LogP contribution in [0, 0.1) is 0 Å². The van der Waals surface area contributed by atoms with Crippen LogP contribution in [0.3, 0.4) is 0 Å². The molecule has 4 radical (unpaired) electrons. The molecule has 0 aromatic heterocycles. The number of hydrogen-bond donors (Lipinski definition) is 0. The Kier molecular flexibility index (Phi) is 15.0. The van der Waals surface area contributed by atoms with Crippen LogP contribution in [0.15, 0.2) is 30.3 Å². The van der Waals surface area contributed by atoms with Gasteiger partial charge in [-0.05, 0) is 5.30 Å². The Labute approximate surface area is 96.6 Å². The fourth-order valence-corrected chi connectivity index (χ4v) is 0.811. The van der Waals surface area contributed by atoms with E-state index in [2.05, 4.69) is 9.24 Å². The molecule has 0 spiro atoms. The van der Waals surface area contributed by atoms with Gasteiger partial charge in [0.2, 0.25) is 0 Å². The van der Waals surface area contributed by atoms with Crippen molar-refractivity contribution in [3.63, 3.8) is 0 Å². The second-order valence-corrected chi connectivity index (χ2v) is 2.91. The third-order valence-electron chi connectivity index (χ3n) is 1.17. The van der Waals surface area contributed by atoms with Crippen LogP contribution >= 0.6 is 9.24 Å². The largest absolute Gasteiger partial charge is 0.106 e.